The summed E-state index contributed by atoms with van der Waals surface area (Å²) in [7, 11) is 0. The van der Waals surface area contributed by atoms with E-state index in [1.54, 1.807) is 0 Å². The number of aryl methyl sites for hydroxylation is 1. The van der Waals surface area contributed by atoms with Gasteiger partial charge >= 0.3 is 0 Å². The fourth-order valence-corrected chi connectivity index (χ4v) is 2.48. The van der Waals surface area contributed by atoms with Crippen LogP contribution < -0.4 is 5.32 Å². The number of carbonyl (C=O) groups is 1. The van der Waals surface area contributed by atoms with Crippen LogP contribution in [0.5, 0.6) is 0 Å². The molecule has 20 heavy (non-hydrogen) atoms. The average Bonchev–Trinajstić information content (AvgIpc) is 2.65. The summed E-state index contributed by atoms with van der Waals surface area (Å²) in [5, 5.41) is 4.70. The molecule has 0 unspecified atom stereocenters. The topological polar surface area (TPSA) is 44.9 Å². The zero-order valence-corrected chi connectivity index (χ0v) is 13.0. The zero-order chi connectivity index (χ0) is 14.7. The number of hydrogen-bond acceptors (Lipinski definition) is 1. The number of H-pyrrole nitrogens is 1. The molecule has 1 aromatic heterocycles. The maximum absolute atomic E-state index is 12.0. The highest BCUT2D eigenvalue weighted by molar-refractivity contribution is 6.31. The second kappa shape index (κ2) is 6.31. The number of aromatic amines is 1. The van der Waals surface area contributed by atoms with E-state index in [0.717, 1.165) is 35.1 Å². The summed E-state index contributed by atoms with van der Waals surface area (Å²) in [6.45, 7) is 7.03. The Morgan fingerprint density at radius 1 is 1.40 bits per heavy atom. The standard InChI is InChI=1S/C16H21ClN2O/c1-10(2)6-7-18-16(20)9-13-11(3)19-15-5-4-12(17)8-14(13)15/h4-5,8,10,19H,6-7,9H2,1-3H3,(H,18,20). The Bertz CT molecular complexity index is 616. The molecule has 2 N–H and O–H groups in total. The van der Waals surface area contributed by atoms with Gasteiger partial charge in [0.1, 0.15) is 0 Å². The Kier molecular flexibility index (Phi) is 4.71. The van der Waals surface area contributed by atoms with Crippen molar-refractivity contribution in [2.45, 2.75) is 33.6 Å². The van der Waals surface area contributed by atoms with Gasteiger partial charge in [-0.3, -0.25) is 4.79 Å². The quantitative estimate of drug-likeness (QED) is 0.864. The monoisotopic (exact) mass is 292 g/mol. The molecule has 0 radical (unpaired) electrons. The Morgan fingerprint density at radius 2 is 2.15 bits per heavy atom. The van der Waals surface area contributed by atoms with Crippen molar-refractivity contribution < 1.29 is 4.79 Å². The number of hydrogen-bond donors (Lipinski definition) is 2. The second-order valence-corrected chi connectivity index (χ2v) is 6.06. The molecule has 2 rings (SSSR count). The van der Waals surface area contributed by atoms with Gasteiger partial charge in [-0.2, -0.15) is 0 Å². The molecule has 0 atom stereocenters. The van der Waals surface area contributed by atoms with Crippen LogP contribution in [0.2, 0.25) is 5.02 Å². The van der Waals surface area contributed by atoms with Crippen molar-refractivity contribution in [2.75, 3.05) is 6.54 Å². The molecule has 0 aliphatic heterocycles. The summed E-state index contributed by atoms with van der Waals surface area (Å²) in [5.41, 5.74) is 3.09. The van der Waals surface area contributed by atoms with E-state index in [-0.39, 0.29) is 5.91 Å². The number of benzene rings is 1. The lowest BCUT2D eigenvalue weighted by molar-refractivity contribution is -0.120. The van der Waals surface area contributed by atoms with Crippen LogP contribution >= 0.6 is 11.6 Å². The maximum atomic E-state index is 12.0. The van der Waals surface area contributed by atoms with Crippen LogP contribution in [0.4, 0.5) is 0 Å². The van der Waals surface area contributed by atoms with E-state index in [0.29, 0.717) is 17.4 Å². The summed E-state index contributed by atoms with van der Waals surface area (Å²) < 4.78 is 0. The molecule has 2 aromatic rings. The molecule has 0 aliphatic carbocycles. The van der Waals surface area contributed by atoms with Gasteiger partial charge in [-0.15, -0.1) is 0 Å². The van der Waals surface area contributed by atoms with Crippen LogP contribution in [0.1, 0.15) is 31.5 Å². The molecule has 1 amide bonds. The first kappa shape index (κ1) is 14.9. The number of halogens is 1. The van der Waals surface area contributed by atoms with E-state index in [9.17, 15) is 4.79 Å². The third-order valence-corrected chi connectivity index (χ3v) is 3.70. The third-order valence-electron chi connectivity index (χ3n) is 3.46. The summed E-state index contributed by atoms with van der Waals surface area (Å²) in [6, 6.07) is 5.72. The molecular weight excluding hydrogens is 272 g/mol. The van der Waals surface area contributed by atoms with Gasteiger partial charge in [0.2, 0.25) is 5.91 Å². The molecule has 0 saturated heterocycles. The number of nitrogens with one attached hydrogen (secondary N) is 2. The van der Waals surface area contributed by atoms with Crippen LogP contribution in [-0.2, 0) is 11.2 Å². The van der Waals surface area contributed by atoms with Gasteiger partial charge in [0.15, 0.2) is 0 Å². The van der Waals surface area contributed by atoms with Gasteiger partial charge in [-0.05, 0) is 43.0 Å². The average molecular weight is 293 g/mol. The number of aromatic nitrogens is 1. The molecule has 1 aromatic carbocycles. The molecular formula is C16H21ClN2O. The lowest BCUT2D eigenvalue weighted by Gasteiger charge is -2.07. The van der Waals surface area contributed by atoms with Crippen molar-refractivity contribution in [3.63, 3.8) is 0 Å². The summed E-state index contributed by atoms with van der Waals surface area (Å²) in [4.78, 5) is 15.3. The van der Waals surface area contributed by atoms with Crippen molar-refractivity contribution in [3.8, 4) is 0 Å². The second-order valence-electron chi connectivity index (χ2n) is 5.63. The van der Waals surface area contributed by atoms with Gasteiger partial charge in [-0.25, -0.2) is 0 Å². The van der Waals surface area contributed by atoms with Crippen LogP contribution in [-0.4, -0.2) is 17.4 Å². The van der Waals surface area contributed by atoms with Gasteiger partial charge in [0, 0.05) is 28.2 Å². The van der Waals surface area contributed by atoms with E-state index >= 15 is 0 Å². The van der Waals surface area contributed by atoms with Crippen molar-refractivity contribution >= 4 is 28.4 Å². The highest BCUT2D eigenvalue weighted by Gasteiger charge is 2.12. The number of carbonyl (C=O) groups excluding carboxylic acids is 1. The van der Waals surface area contributed by atoms with Crippen LogP contribution in [0.15, 0.2) is 18.2 Å². The normalized spacial score (nSPS) is 11.2. The molecule has 0 bridgehead atoms. The zero-order valence-electron chi connectivity index (χ0n) is 12.2. The summed E-state index contributed by atoms with van der Waals surface area (Å²) in [5.74, 6) is 0.665. The van der Waals surface area contributed by atoms with Crippen molar-refractivity contribution in [1.82, 2.24) is 10.3 Å². The highest BCUT2D eigenvalue weighted by atomic mass is 35.5. The van der Waals surface area contributed by atoms with E-state index in [4.69, 9.17) is 11.6 Å². The van der Waals surface area contributed by atoms with Crippen LogP contribution in [0, 0.1) is 12.8 Å². The van der Waals surface area contributed by atoms with E-state index in [2.05, 4.69) is 24.1 Å². The maximum Gasteiger partial charge on any atom is 0.224 e. The van der Waals surface area contributed by atoms with Crippen molar-refractivity contribution in [3.05, 3.63) is 34.5 Å². The van der Waals surface area contributed by atoms with Gasteiger partial charge in [0.05, 0.1) is 6.42 Å². The smallest absolute Gasteiger partial charge is 0.224 e. The minimum Gasteiger partial charge on any atom is -0.358 e. The van der Waals surface area contributed by atoms with E-state index < -0.39 is 0 Å². The molecule has 4 heteroatoms. The van der Waals surface area contributed by atoms with E-state index in [1.165, 1.54) is 0 Å². The number of fused-ring (bicyclic) bond motifs is 1. The summed E-state index contributed by atoms with van der Waals surface area (Å²) >= 11 is 6.04. The largest absolute Gasteiger partial charge is 0.358 e. The molecule has 3 nitrogen and oxygen atoms in total. The lowest BCUT2D eigenvalue weighted by atomic mass is 10.1. The molecule has 0 fully saturated rings. The molecule has 0 saturated carbocycles. The van der Waals surface area contributed by atoms with Gasteiger partial charge in [0.25, 0.3) is 0 Å². The van der Waals surface area contributed by atoms with Crippen molar-refractivity contribution in [1.29, 1.82) is 0 Å². The molecule has 1 heterocycles. The first-order valence-electron chi connectivity index (χ1n) is 7.00. The first-order valence-corrected chi connectivity index (χ1v) is 7.38. The Balaban J connectivity index is 2.11. The van der Waals surface area contributed by atoms with Crippen LogP contribution in [0.25, 0.3) is 10.9 Å². The fraction of sp³-hybridized carbons (Fsp3) is 0.438. The van der Waals surface area contributed by atoms with Crippen molar-refractivity contribution in [2.24, 2.45) is 5.92 Å². The van der Waals surface area contributed by atoms with E-state index in [1.807, 2.05) is 25.1 Å². The Morgan fingerprint density at radius 3 is 2.85 bits per heavy atom. The lowest BCUT2D eigenvalue weighted by Crippen LogP contribution is -2.27. The fourth-order valence-electron chi connectivity index (χ4n) is 2.31. The Labute approximate surface area is 124 Å². The van der Waals surface area contributed by atoms with Gasteiger partial charge < -0.3 is 10.3 Å². The number of amides is 1. The molecule has 0 aliphatic rings. The van der Waals surface area contributed by atoms with Gasteiger partial charge in [-0.1, -0.05) is 25.4 Å². The van der Waals surface area contributed by atoms with Crippen LogP contribution in [0.3, 0.4) is 0 Å². The third kappa shape index (κ3) is 3.54. The summed E-state index contributed by atoms with van der Waals surface area (Å²) in [6.07, 6.45) is 1.40. The predicted octanol–water partition coefficient (Wildman–Crippen LogP) is 3.83. The predicted molar refractivity (Wildman–Crippen MR) is 84.2 cm³/mol. The minimum absolute atomic E-state index is 0.0645. The highest BCUT2D eigenvalue weighted by Crippen LogP contribution is 2.25. The molecule has 108 valence electrons. The molecule has 0 spiro atoms. The SMILES string of the molecule is Cc1[nH]c2ccc(Cl)cc2c1CC(=O)NCCC(C)C. The number of rotatable bonds is 5. The Hall–Kier alpha value is -1.48. The first-order chi connectivity index (χ1) is 9.47. The minimum atomic E-state index is 0.0645.